The number of rotatable bonds is 11. The molecule has 0 saturated carbocycles. The molecule has 0 saturated heterocycles. The SMILES string of the molecule is COC(CN)CC(=O)NCCCCCCSC. The van der Waals surface area contributed by atoms with Gasteiger partial charge >= 0.3 is 0 Å². The molecule has 0 heterocycles. The molecule has 1 unspecified atom stereocenters. The summed E-state index contributed by atoms with van der Waals surface area (Å²) < 4.78 is 5.05. The smallest absolute Gasteiger partial charge is 0.222 e. The highest BCUT2D eigenvalue weighted by atomic mass is 32.2. The lowest BCUT2D eigenvalue weighted by Gasteiger charge is -2.12. The van der Waals surface area contributed by atoms with E-state index in [1.165, 1.54) is 25.0 Å². The predicted molar refractivity (Wildman–Crippen MR) is 74.3 cm³/mol. The van der Waals surface area contributed by atoms with Crippen LogP contribution in [0, 0.1) is 0 Å². The highest BCUT2D eigenvalue weighted by Crippen LogP contribution is 2.04. The second-order valence-electron chi connectivity index (χ2n) is 4.05. The van der Waals surface area contributed by atoms with Crippen molar-refractivity contribution in [3.8, 4) is 0 Å². The zero-order valence-electron chi connectivity index (χ0n) is 11.0. The molecule has 0 radical (unpaired) electrons. The number of carbonyl (C=O) groups excluding carboxylic acids is 1. The lowest BCUT2D eigenvalue weighted by molar-refractivity contribution is -0.123. The highest BCUT2D eigenvalue weighted by Gasteiger charge is 2.10. The molecule has 0 aromatic rings. The minimum absolute atomic E-state index is 0.0337. The van der Waals surface area contributed by atoms with E-state index in [0.29, 0.717) is 13.0 Å². The lowest BCUT2D eigenvalue weighted by atomic mass is 10.2. The normalized spacial score (nSPS) is 12.4. The average Bonchev–Trinajstić information content (AvgIpc) is 2.34. The van der Waals surface area contributed by atoms with Crippen molar-refractivity contribution in [2.45, 2.75) is 38.2 Å². The van der Waals surface area contributed by atoms with Gasteiger partial charge in [0, 0.05) is 20.2 Å². The molecule has 17 heavy (non-hydrogen) atoms. The minimum atomic E-state index is -0.156. The zero-order valence-corrected chi connectivity index (χ0v) is 11.9. The van der Waals surface area contributed by atoms with Crippen LogP contribution in [0.2, 0.25) is 0 Å². The number of unbranched alkanes of at least 4 members (excludes halogenated alkanes) is 3. The Morgan fingerprint density at radius 3 is 2.65 bits per heavy atom. The van der Waals surface area contributed by atoms with Gasteiger partial charge in [-0.3, -0.25) is 4.79 Å². The molecule has 4 nitrogen and oxygen atoms in total. The van der Waals surface area contributed by atoms with Gasteiger partial charge in [-0.15, -0.1) is 0 Å². The van der Waals surface area contributed by atoms with E-state index in [1.807, 2.05) is 11.8 Å². The summed E-state index contributed by atoms with van der Waals surface area (Å²) in [5, 5.41) is 2.89. The van der Waals surface area contributed by atoms with Crippen molar-refractivity contribution in [2.24, 2.45) is 5.73 Å². The Balaban J connectivity index is 3.33. The van der Waals surface area contributed by atoms with Crippen LogP contribution in [0.5, 0.6) is 0 Å². The second-order valence-corrected chi connectivity index (χ2v) is 5.04. The number of hydrogen-bond acceptors (Lipinski definition) is 4. The monoisotopic (exact) mass is 262 g/mol. The average molecular weight is 262 g/mol. The Kier molecular flexibility index (Phi) is 12.0. The van der Waals surface area contributed by atoms with Gasteiger partial charge in [0.05, 0.1) is 12.5 Å². The summed E-state index contributed by atoms with van der Waals surface area (Å²) in [5.41, 5.74) is 5.45. The Morgan fingerprint density at radius 1 is 1.35 bits per heavy atom. The third-order valence-electron chi connectivity index (χ3n) is 2.61. The molecule has 3 N–H and O–H groups in total. The largest absolute Gasteiger partial charge is 0.380 e. The summed E-state index contributed by atoms with van der Waals surface area (Å²) in [5.74, 6) is 1.27. The summed E-state index contributed by atoms with van der Waals surface area (Å²) in [4.78, 5) is 11.5. The Hall–Kier alpha value is -0.260. The minimum Gasteiger partial charge on any atom is -0.380 e. The van der Waals surface area contributed by atoms with E-state index in [9.17, 15) is 4.79 Å². The molecular formula is C12H26N2O2S. The molecule has 0 fully saturated rings. The highest BCUT2D eigenvalue weighted by molar-refractivity contribution is 7.98. The van der Waals surface area contributed by atoms with E-state index in [-0.39, 0.29) is 12.0 Å². The number of methoxy groups -OCH3 is 1. The number of ether oxygens (including phenoxy) is 1. The number of carbonyl (C=O) groups is 1. The molecule has 0 aliphatic carbocycles. The van der Waals surface area contributed by atoms with Crippen molar-refractivity contribution < 1.29 is 9.53 Å². The van der Waals surface area contributed by atoms with Crippen LogP contribution in [0.3, 0.4) is 0 Å². The van der Waals surface area contributed by atoms with Gasteiger partial charge < -0.3 is 15.8 Å². The first-order valence-electron chi connectivity index (χ1n) is 6.23. The molecule has 1 atom stereocenters. The standard InChI is InChI=1S/C12H26N2O2S/c1-16-11(10-13)9-12(15)14-7-5-3-4-6-8-17-2/h11H,3-10,13H2,1-2H3,(H,14,15). The number of amides is 1. The van der Waals surface area contributed by atoms with Crippen molar-refractivity contribution >= 4 is 17.7 Å². The van der Waals surface area contributed by atoms with Gasteiger partial charge in [0.2, 0.25) is 5.91 Å². The third kappa shape index (κ3) is 10.6. The van der Waals surface area contributed by atoms with Gasteiger partial charge in [-0.1, -0.05) is 12.8 Å². The number of thioether (sulfide) groups is 1. The number of hydrogen-bond donors (Lipinski definition) is 2. The Bertz CT molecular complexity index is 187. The number of nitrogens with two attached hydrogens (primary N) is 1. The van der Waals surface area contributed by atoms with E-state index >= 15 is 0 Å². The molecular weight excluding hydrogens is 236 g/mol. The van der Waals surface area contributed by atoms with Gasteiger partial charge in [-0.2, -0.15) is 11.8 Å². The fourth-order valence-electron chi connectivity index (χ4n) is 1.49. The van der Waals surface area contributed by atoms with Crippen LogP contribution in [0.15, 0.2) is 0 Å². The van der Waals surface area contributed by atoms with Crippen LogP contribution in [-0.2, 0) is 9.53 Å². The van der Waals surface area contributed by atoms with Crippen molar-refractivity contribution in [3.05, 3.63) is 0 Å². The molecule has 0 spiro atoms. The first-order chi connectivity index (χ1) is 8.24. The number of nitrogens with one attached hydrogen (secondary N) is 1. The van der Waals surface area contributed by atoms with E-state index in [1.54, 1.807) is 7.11 Å². The molecule has 0 aliphatic heterocycles. The molecule has 102 valence electrons. The van der Waals surface area contributed by atoms with Crippen molar-refractivity contribution in [1.82, 2.24) is 5.32 Å². The van der Waals surface area contributed by atoms with Crippen LogP contribution in [-0.4, -0.2) is 44.2 Å². The Labute approximate surface area is 109 Å². The third-order valence-corrected chi connectivity index (χ3v) is 3.30. The van der Waals surface area contributed by atoms with Gasteiger partial charge in [0.25, 0.3) is 0 Å². The van der Waals surface area contributed by atoms with Gasteiger partial charge in [0.15, 0.2) is 0 Å². The first kappa shape index (κ1) is 16.7. The summed E-state index contributed by atoms with van der Waals surface area (Å²) in [6.07, 6.45) is 7.10. The maximum Gasteiger partial charge on any atom is 0.222 e. The maximum atomic E-state index is 11.5. The van der Waals surface area contributed by atoms with Gasteiger partial charge in [-0.05, 0) is 24.9 Å². The summed E-state index contributed by atoms with van der Waals surface area (Å²) >= 11 is 1.89. The van der Waals surface area contributed by atoms with Crippen molar-refractivity contribution in [3.63, 3.8) is 0 Å². The van der Waals surface area contributed by atoms with Gasteiger partial charge in [0.1, 0.15) is 0 Å². The Morgan fingerprint density at radius 2 is 2.06 bits per heavy atom. The van der Waals surface area contributed by atoms with E-state index < -0.39 is 0 Å². The van der Waals surface area contributed by atoms with Crippen LogP contribution in [0.25, 0.3) is 0 Å². The quantitative estimate of drug-likeness (QED) is 0.552. The van der Waals surface area contributed by atoms with Crippen LogP contribution < -0.4 is 11.1 Å². The lowest BCUT2D eigenvalue weighted by Crippen LogP contribution is -2.32. The van der Waals surface area contributed by atoms with E-state index in [2.05, 4.69) is 11.6 Å². The molecule has 0 aromatic heterocycles. The van der Waals surface area contributed by atoms with Crippen molar-refractivity contribution in [1.29, 1.82) is 0 Å². The second kappa shape index (κ2) is 12.2. The molecule has 0 aromatic carbocycles. The fraction of sp³-hybridized carbons (Fsp3) is 0.917. The van der Waals surface area contributed by atoms with E-state index in [4.69, 9.17) is 10.5 Å². The first-order valence-corrected chi connectivity index (χ1v) is 7.62. The summed E-state index contributed by atoms with van der Waals surface area (Å²) in [7, 11) is 1.58. The van der Waals surface area contributed by atoms with E-state index in [0.717, 1.165) is 13.0 Å². The summed E-state index contributed by atoms with van der Waals surface area (Å²) in [6.45, 7) is 1.15. The topological polar surface area (TPSA) is 64.3 Å². The van der Waals surface area contributed by atoms with Crippen LogP contribution >= 0.6 is 11.8 Å². The molecule has 0 rings (SSSR count). The van der Waals surface area contributed by atoms with Crippen LogP contribution in [0.1, 0.15) is 32.1 Å². The van der Waals surface area contributed by atoms with Gasteiger partial charge in [-0.25, -0.2) is 0 Å². The van der Waals surface area contributed by atoms with Crippen molar-refractivity contribution in [2.75, 3.05) is 32.2 Å². The predicted octanol–water partition coefficient (Wildman–Crippen LogP) is 1.39. The fourth-order valence-corrected chi connectivity index (χ4v) is 1.99. The molecule has 1 amide bonds. The summed E-state index contributed by atoms with van der Waals surface area (Å²) in [6, 6.07) is 0. The zero-order chi connectivity index (χ0) is 12.9. The molecule has 0 aliphatic rings. The molecule has 5 heteroatoms. The van der Waals surface area contributed by atoms with Crippen LogP contribution in [0.4, 0.5) is 0 Å². The maximum absolute atomic E-state index is 11.5. The molecule has 0 bridgehead atoms.